The molecule has 0 aliphatic rings. The minimum absolute atomic E-state index is 0.0268. The second-order valence-corrected chi connectivity index (χ2v) is 6.05. The first kappa shape index (κ1) is 17.7. The van der Waals surface area contributed by atoms with E-state index in [0.717, 1.165) is 11.1 Å². The van der Waals surface area contributed by atoms with E-state index in [2.05, 4.69) is 20.7 Å². The van der Waals surface area contributed by atoms with Gasteiger partial charge in [0, 0.05) is 13.5 Å². The molecule has 0 aliphatic carbocycles. The Labute approximate surface area is 141 Å². The molecule has 2 amide bonds. The van der Waals surface area contributed by atoms with Crippen molar-refractivity contribution in [3.05, 3.63) is 48.0 Å². The third kappa shape index (κ3) is 5.19. The van der Waals surface area contributed by atoms with Crippen LogP contribution in [0.2, 0.25) is 0 Å². The molecule has 0 bridgehead atoms. The van der Waals surface area contributed by atoms with E-state index in [9.17, 15) is 9.59 Å². The standard InChI is InChI=1S/C17H23N5O2/c1-12(2)16(21-13(3)23)17(24)19-8-14-4-6-15(7-5-14)9-22-11-18-10-20-22/h4-7,10-12,16H,8-9H2,1-3H3,(H,19,24)(H,21,23). The van der Waals surface area contributed by atoms with E-state index in [1.807, 2.05) is 38.1 Å². The zero-order valence-corrected chi connectivity index (χ0v) is 14.2. The summed E-state index contributed by atoms with van der Waals surface area (Å²) < 4.78 is 1.75. The Balaban J connectivity index is 1.89. The normalized spacial score (nSPS) is 12.0. The van der Waals surface area contributed by atoms with Crippen molar-refractivity contribution in [2.45, 2.75) is 39.9 Å². The van der Waals surface area contributed by atoms with Gasteiger partial charge in [0.25, 0.3) is 0 Å². The molecule has 128 valence electrons. The second kappa shape index (κ2) is 8.24. The van der Waals surface area contributed by atoms with Crippen molar-refractivity contribution >= 4 is 11.8 Å². The lowest BCUT2D eigenvalue weighted by atomic mass is 10.0. The van der Waals surface area contributed by atoms with Gasteiger partial charge in [0.15, 0.2) is 0 Å². The Kier molecular flexibility index (Phi) is 6.06. The van der Waals surface area contributed by atoms with E-state index in [-0.39, 0.29) is 17.7 Å². The van der Waals surface area contributed by atoms with Gasteiger partial charge in [-0.2, -0.15) is 5.10 Å². The van der Waals surface area contributed by atoms with Crippen molar-refractivity contribution in [2.75, 3.05) is 0 Å². The maximum atomic E-state index is 12.2. The molecule has 7 heteroatoms. The Bertz CT molecular complexity index is 665. The molecule has 0 saturated carbocycles. The van der Waals surface area contributed by atoms with E-state index < -0.39 is 6.04 Å². The van der Waals surface area contributed by atoms with Gasteiger partial charge in [-0.15, -0.1) is 0 Å². The summed E-state index contributed by atoms with van der Waals surface area (Å²) in [4.78, 5) is 27.3. The van der Waals surface area contributed by atoms with E-state index in [1.54, 1.807) is 11.0 Å². The summed E-state index contributed by atoms with van der Waals surface area (Å²) in [6.45, 7) is 6.30. The van der Waals surface area contributed by atoms with Gasteiger partial charge in [0.2, 0.25) is 11.8 Å². The third-order valence-electron chi connectivity index (χ3n) is 3.61. The van der Waals surface area contributed by atoms with E-state index in [4.69, 9.17) is 0 Å². The highest BCUT2D eigenvalue weighted by Gasteiger charge is 2.22. The number of benzene rings is 1. The third-order valence-corrected chi connectivity index (χ3v) is 3.61. The molecular weight excluding hydrogens is 306 g/mol. The first-order chi connectivity index (χ1) is 11.5. The van der Waals surface area contributed by atoms with Gasteiger partial charge in [0.05, 0.1) is 6.54 Å². The molecule has 0 saturated heterocycles. The minimum Gasteiger partial charge on any atom is -0.350 e. The second-order valence-electron chi connectivity index (χ2n) is 6.05. The molecule has 2 N–H and O–H groups in total. The van der Waals surface area contributed by atoms with Gasteiger partial charge in [-0.1, -0.05) is 38.1 Å². The van der Waals surface area contributed by atoms with Crippen LogP contribution in [-0.2, 0) is 22.7 Å². The molecule has 24 heavy (non-hydrogen) atoms. The van der Waals surface area contributed by atoms with Crippen LogP contribution in [-0.4, -0.2) is 32.6 Å². The minimum atomic E-state index is -0.519. The number of nitrogens with one attached hydrogen (secondary N) is 2. The van der Waals surface area contributed by atoms with Gasteiger partial charge in [-0.05, 0) is 17.0 Å². The summed E-state index contributed by atoms with van der Waals surface area (Å²) in [6.07, 6.45) is 3.17. The van der Waals surface area contributed by atoms with Crippen LogP contribution in [0.4, 0.5) is 0 Å². The van der Waals surface area contributed by atoms with Crippen LogP contribution >= 0.6 is 0 Å². The average Bonchev–Trinajstić information content (AvgIpc) is 3.04. The van der Waals surface area contributed by atoms with Crippen molar-refractivity contribution < 1.29 is 9.59 Å². The molecule has 1 aromatic heterocycles. The Morgan fingerprint density at radius 3 is 2.38 bits per heavy atom. The number of carbonyl (C=O) groups is 2. The molecule has 1 aromatic carbocycles. The molecule has 7 nitrogen and oxygen atoms in total. The van der Waals surface area contributed by atoms with Gasteiger partial charge in [-0.25, -0.2) is 9.67 Å². The number of hydrogen-bond acceptors (Lipinski definition) is 4. The van der Waals surface area contributed by atoms with Gasteiger partial charge in [0.1, 0.15) is 18.7 Å². The highest BCUT2D eigenvalue weighted by molar-refractivity contribution is 5.86. The lowest BCUT2D eigenvalue weighted by Crippen LogP contribution is -2.48. The fraction of sp³-hybridized carbons (Fsp3) is 0.412. The predicted octanol–water partition coefficient (Wildman–Crippen LogP) is 1.10. The van der Waals surface area contributed by atoms with Crippen molar-refractivity contribution in [1.82, 2.24) is 25.4 Å². The molecule has 0 aliphatic heterocycles. The summed E-state index contributed by atoms with van der Waals surface area (Å²) in [5.41, 5.74) is 2.10. The summed E-state index contributed by atoms with van der Waals surface area (Å²) in [5, 5.41) is 9.62. The van der Waals surface area contributed by atoms with Gasteiger partial charge in [-0.3, -0.25) is 9.59 Å². The number of nitrogens with zero attached hydrogens (tertiary/aromatic N) is 3. The van der Waals surface area contributed by atoms with Crippen molar-refractivity contribution in [3.8, 4) is 0 Å². The molecule has 0 fully saturated rings. The molecule has 2 rings (SSSR count). The van der Waals surface area contributed by atoms with Crippen LogP contribution in [0.5, 0.6) is 0 Å². The van der Waals surface area contributed by atoms with Crippen LogP contribution in [0, 0.1) is 5.92 Å². The van der Waals surface area contributed by atoms with Gasteiger partial charge < -0.3 is 10.6 Å². The largest absolute Gasteiger partial charge is 0.350 e. The number of amides is 2. The molecule has 0 radical (unpaired) electrons. The topological polar surface area (TPSA) is 88.9 Å². The summed E-state index contributed by atoms with van der Waals surface area (Å²) in [6, 6.07) is 7.41. The molecule has 1 unspecified atom stereocenters. The van der Waals surface area contributed by atoms with E-state index in [0.29, 0.717) is 13.1 Å². The number of rotatable bonds is 7. The molecule has 1 atom stereocenters. The molecular formula is C17H23N5O2. The molecule has 2 aromatic rings. The maximum absolute atomic E-state index is 12.2. The Morgan fingerprint density at radius 2 is 1.83 bits per heavy atom. The maximum Gasteiger partial charge on any atom is 0.243 e. The van der Waals surface area contributed by atoms with Gasteiger partial charge >= 0.3 is 0 Å². The lowest BCUT2D eigenvalue weighted by molar-refractivity contribution is -0.129. The van der Waals surface area contributed by atoms with Crippen molar-refractivity contribution in [3.63, 3.8) is 0 Å². The summed E-state index contributed by atoms with van der Waals surface area (Å²) >= 11 is 0. The first-order valence-corrected chi connectivity index (χ1v) is 7.90. The van der Waals surface area contributed by atoms with Crippen LogP contribution < -0.4 is 10.6 Å². The Hall–Kier alpha value is -2.70. The predicted molar refractivity (Wildman–Crippen MR) is 89.9 cm³/mol. The monoisotopic (exact) mass is 329 g/mol. The number of aromatic nitrogens is 3. The molecule has 1 heterocycles. The van der Waals surface area contributed by atoms with Crippen LogP contribution in [0.15, 0.2) is 36.9 Å². The zero-order valence-electron chi connectivity index (χ0n) is 14.2. The van der Waals surface area contributed by atoms with Crippen molar-refractivity contribution in [2.24, 2.45) is 5.92 Å². The average molecular weight is 329 g/mol. The number of carbonyl (C=O) groups excluding carboxylic acids is 2. The van der Waals surface area contributed by atoms with Crippen LogP contribution in [0.1, 0.15) is 31.9 Å². The fourth-order valence-electron chi connectivity index (χ4n) is 2.32. The number of hydrogen-bond donors (Lipinski definition) is 2. The van der Waals surface area contributed by atoms with E-state index >= 15 is 0 Å². The molecule has 0 spiro atoms. The lowest BCUT2D eigenvalue weighted by Gasteiger charge is -2.21. The fourth-order valence-corrected chi connectivity index (χ4v) is 2.32. The SMILES string of the molecule is CC(=O)NC(C(=O)NCc1ccc(Cn2cncn2)cc1)C(C)C. The quantitative estimate of drug-likeness (QED) is 0.796. The first-order valence-electron chi connectivity index (χ1n) is 7.90. The zero-order chi connectivity index (χ0) is 17.5. The van der Waals surface area contributed by atoms with Crippen LogP contribution in [0.3, 0.4) is 0 Å². The highest BCUT2D eigenvalue weighted by Crippen LogP contribution is 2.07. The summed E-state index contributed by atoms with van der Waals surface area (Å²) in [5.74, 6) is -0.354. The van der Waals surface area contributed by atoms with Crippen molar-refractivity contribution in [1.29, 1.82) is 0 Å². The van der Waals surface area contributed by atoms with E-state index in [1.165, 1.54) is 13.3 Å². The Morgan fingerprint density at radius 1 is 1.17 bits per heavy atom. The smallest absolute Gasteiger partial charge is 0.243 e. The highest BCUT2D eigenvalue weighted by atomic mass is 16.2. The van der Waals surface area contributed by atoms with Crippen LogP contribution in [0.25, 0.3) is 0 Å². The summed E-state index contributed by atoms with van der Waals surface area (Å²) in [7, 11) is 0.